The van der Waals surface area contributed by atoms with Crippen molar-refractivity contribution < 1.29 is 33.7 Å². The number of halogens is 1. The van der Waals surface area contributed by atoms with E-state index < -0.39 is 23.5 Å². The third-order valence-corrected chi connectivity index (χ3v) is 4.80. The molecule has 0 aliphatic carbocycles. The van der Waals surface area contributed by atoms with Gasteiger partial charge in [-0.25, -0.2) is 9.18 Å². The summed E-state index contributed by atoms with van der Waals surface area (Å²) in [6, 6.07) is 19.6. The molecule has 3 N–H and O–H groups in total. The highest BCUT2D eigenvalue weighted by Gasteiger charge is 2.16. The van der Waals surface area contributed by atoms with Gasteiger partial charge in [0.1, 0.15) is 12.2 Å². The lowest BCUT2D eigenvalue weighted by Gasteiger charge is -2.19. The first kappa shape index (κ1) is 28.3. The number of aliphatic hydroxyl groups excluding tert-OH is 1. The van der Waals surface area contributed by atoms with E-state index >= 15 is 0 Å². The van der Waals surface area contributed by atoms with E-state index in [4.69, 9.17) is 19.7 Å². The van der Waals surface area contributed by atoms with Crippen LogP contribution in [0, 0.1) is 5.82 Å². The Morgan fingerprint density at radius 3 is 2.11 bits per heavy atom. The summed E-state index contributed by atoms with van der Waals surface area (Å²) >= 11 is 0. The summed E-state index contributed by atoms with van der Waals surface area (Å²) in [6.45, 7) is 5.83. The molecule has 0 bridgehead atoms. The van der Waals surface area contributed by atoms with Gasteiger partial charge < -0.3 is 25.0 Å². The second kappa shape index (κ2) is 13.3. The summed E-state index contributed by atoms with van der Waals surface area (Å²) in [5.74, 6) is -1.70. The summed E-state index contributed by atoms with van der Waals surface area (Å²) in [7, 11) is 1.00. The zero-order valence-corrected chi connectivity index (χ0v) is 20.9. The third kappa shape index (κ3) is 9.03. The first-order valence-corrected chi connectivity index (χ1v) is 11.3. The van der Waals surface area contributed by atoms with E-state index in [1.54, 1.807) is 6.07 Å². The highest BCUT2D eigenvalue weighted by atomic mass is 19.1. The maximum Gasteiger partial charge on any atom is 0.407 e. The Bertz CT molecular complexity index is 1170. The Morgan fingerprint density at radius 1 is 0.917 bits per heavy atom. The van der Waals surface area contributed by atoms with Crippen LogP contribution in [0.15, 0.2) is 66.7 Å². The number of hydrogen-bond donors (Lipinski definition) is 3. The predicted octanol–water partition coefficient (Wildman–Crippen LogP) is 5.33. The highest BCUT2D eigenvalue weighted by molar-refractivity contribution is 5.71. The summed E-state index contributed by atoms with van der Waals surface area (Å²) in [5, 5.41) is 18.8. The van der Waals surface area contributed by atoms with Crippen LogP contribution in [-0.4, -0.2) is 35.0 Å². The van der Waals surface area contributed by atoms with Crippen molar-refractivity contribution in [3.8, 4) is 16.9 Å². The molecule has 0 saturated heterocycles. The minimum absolute atomic E-state index is 0.0504. The number of para-hydroxylation sites is 1. The van der Waals surface area contributed by atoms with E-state index in [9.17, 15) is 14.0 Å². The van der Waals surface area contributed by atoms with Gasteiger partial charge in [-0.3, -0.25) is 4.79 Å². The fourth-order valence-corrected chi connectivity index (χ4v) is 3.36. The molecule has 0 unspecified atom stereocenters. The monoisotopic (exact) mass is 497 g/mol. The van der Waals surface area contributed by atoms with Crippen molar-refractivity contribution in [2.45, 2.75) is 45.9 Å². The van der Waals surface area contributed by atoms with Gasteiger partial charge in [0, 0.05) is 19.2 Å². The fourth-order valence-electron chi connectivity index (χ4n) is 3.36. The molecule has 36 heavy (non-hydrogen) atoms. The molecule has 0 heterocycles. The molecule has 3 aromatic rings. The number of benzene rings is 3. The number of alkyl carbamates (subject to hydrolysis) is 1. The van der Waals surface area contributed by atoms with E-state index in [-0.39, 0.29) is 24.3 Å². The Morgan fingerprint density at radius 2 is 1.50 bits per heavy atom. The standard InChI is InChI=1S/C27H28FNO5.CH4O/c1-27(2,3)34-26(32)29-16-18-7-4-9-20(13-18)21-10-5-8-19(14-21)17-33-25-22(15-24(30)31)11-6-12-23(25)28;1-2/h4-14H,15-17H2,1-3H3,(H,29,32)(H,30,31);2H,1H3. The highest BCUT2D eigenvalue weighted by Crippen LogP contribution is 2.26. The molecule has 192 valence electrons. The van der Waals surface area contributed by atoms with E-state index in [0.717, 1.165) is 29.4 Å². The van der Waals surface area contributed by atoms with E-state index in [1.165, 1.54) is 12.1 Å². The number of carbonyl (C=O) groups is 2. The maximum absolute atomic E-state index is 14.3. The molecule has 0 aromatic heterocycles. The number of carbonyl (C=O) groups excluding carboxylic acids is 1. The molecule has 1 amide bonds. The average Bonchev–Trinajstić information content (AvgIpc) is 2.83. The second-order valence-corrected chi connectivity index (χ2v) is 8.84. The topological polar surface area (TPSA) is 105 Å². The van der Waals surface area contributed by atoms with Gasteiger partial charge in [0.25, 0.3) is 0 Å². The van der Waals surface area contributed by atoms with Crippen LogP contribution in [0.3, 0.4) is 0 Å². The zero-order valence-electron chi connectivity index (χ0n) is 20.9. The number of ether oxygens (including phenoxy) is 2. The lowest BCUT2D eigenvalue weighted by Crippen LogP contribution is -2.32. The largest absolute Gasteiger partial charge is 0.486 e. The average molecular weight is 498 g/mol. The first-order chi connectivity index (χ1) is 17.1. The van der Waals surface area contributed by atoms with Gasteiger partial charge >= 0.3 is 12.1 Å². The Kier molecular flexibility index (Phi) is 10.4. The molecule has 3 rings (SSSR count). The number of hydrogen-bond acceptors (Lipinski definition) is 5. The van der Waals surface area contributed by atoms with Gasteiger partial charge in [0.05, 0.1) is 6.42 Å². The number of aliphatic hydroxyl groups is 1. The van der Waals surface area contributed by atoms with Gasteiger partial charge in [-0.1, -0.05) is 48.5 Å². The van der Waals surface area contributed by atoms with Gasteiger partial charge in [-0.15, -0.1) is 0 Å². The van der Waals surface area contributed by atoms with Crippen molar-refractivity contribution in [1.29, 1.82) is 0 Å². The molecular formula is C28H32FNO6. The summed E-state index contributed by atoms with van der Waals surface area (Å²) in [4.78, 5) is 23.0. The molecule has 3 aromatic carbocycles. The van der Waals surface area contributed by atoms with Crippen LogP contribution >= 0.6 is 0 Å². The third-order valence-electron chi connectivity index (χ3n) is 4.80. The molecule has 0 fully saturated rings. The van der Waals surface area contributed by atoms with Crippen LogP contribution in [0.5, 0.6) is 5.75 Å². The van der Waals surface area contributed by atoms with Gasteiger partial charge in [0.15, 0.2) is 11.6 Å². The second-order valence-electron chi connectivity index (χ2n) is 8.84. The van der Waals surface area contributed by atoms with Crippen molar-refractivity contribution in [1.82, 2.24) is 5.32 Å². The van der Waals surface area contributed by atoms with Crippen LogP contribution in [0.1, 0.15) is 37.5 Å². The fraction of sp³-hybridized carbons (Fsp3) is 0.286. The zero-order chi connectivity index (χ0) is 26.7. The Balaban J connectivity index is 0.00000222. The summed E-state index contributed by atoms with van der Waals surface area (Å²) in [5.41, 5.74) is 3.32. The number of amides is 1. The normalized spacial score (nSPS) is 10.6. The van der Waals surface area contributed by atoms with Gasteiger partial charge in [-0.05, 0) is 61.2 Å². The summed E-state index contributed by atoms with van der Waals surface area (Å²) in [6.07, 6.45) is -0.801. The smallest absolute Gasteiger partial charge is 0.407 e. The maximum atomic E-state index is 14.3. The minimum atomic E-state index is -1.06. The van der Waals surface area contributed by atoms with Crippen molar-refractivity contribution in [3.05, 3.63) is 89.2 Å². The first-order valence-electron chi connectivity index (χ1n) is 11.3. The van der Waals surface area contributed by atoms with E-state index in [1.807, 2.05) is 69.3 Å². The number of carboxylic acid groups (broad SMARTS) is 1. The minimum Gasteiger partial charge on any atom is -0.486 e. The lowest BCUT2D eigenvalue weighted by atomic mass is 10.0. The van der Waals surface area contributed by atoms with Crippen LogP contribution in [0.25, 0.3) is 11.1 Å². The SMILES string of the molecule is CC(C)(C)OC(=O)NCc1cccc(-c2cccc(COc3c(F)cccc3CC(=O)O)c2)c1.CO. The van der Waals surface area contributed by atoms with Crippen molar-refractivity contribution >= 4 is 12.1 Å². The molecule has 0 radical (unpaired) electrons. The number of rotatable bonds is 8. The Labute approximate surface area is 210 Å². The van der Waals surface area contributed by atoms with Crippen molar-refractivity contribution in [2.75, 3.05) is 7.11 Å². The molecule has 0 atom stereocenters. The molecular weight excluding hydrogens is 465 g/mol. The lowest BCUT2D eigenvalue weighted by molar-refractivity contribution is -0.136. The van der Waals surface area contributed by atoms with Gasteiger partial charge in [-0.2, -0.15) is 0 Å². The number of aliphatic carboxylic acids is 1. The number of carboxylic acids is 1. The Hall–Kier alpha value is -3.91. The number of nitrogens with one attached hydrogen (secondary N) is 1. The van der Waals surface area contributed by atoms with Crippen LogP contribution in [-0.2, 0) is 29.1 Å². The predicted molar refractivity (Wildman–Crippen MR) is 135 cm³/mol. The molecule has 0 aliphatic rings. The molecule has 0 aliphatic heterocycles. The van der Waals surface area contributed by atoms with Crippen LogP contribution in [0.2, 0.25) is 0 Å². The van der Waals surface area contributed by atoms with E-state index in [0.29, 0.717) is 6.54 Å². The molecule has 0 saturated carbocycles. The van der Waals surface area contributed by atoms with Crippen molar-refractivity contribution in [2.24, 2.45) is 0 Å². The van der Waals surface area contributed by atoms with Gasteiger partial charge in [0.2, 0.25) is 0 Å². The van der Waals surface area contributed by atoms with Crippen LogP contribution in [0.4, 0.5) is 9.18 Å². The molecule has 7 nitrogen and oxygen atoms in total. The van der Waals surface area contributed by atoms with Crippen molar-refractivity contribution in [3.63, 3.8) is 0 Å². The quantitative estimate of drug-likeness (QED) is 0.388. The molecule has 0 spiro atoms. The van der Waals surface area contributed by atoms with E-state index in [2.05, 4.69) is 5.32 Å². The molecule has 8 heteroatoms. The van der Waals surface area contributed by atoms with Crippen LogP contribution < -0.4 is 10.1 Å². The summed E-state index contributed by atoms with van der Waals surface area (Å²) < 4.78 is 25.2.